The van der Waals surface area contributed by atoms with E-state index in [9.17, 15) is 24.0 Å². The van der Waals surface area contributed by atoms with Crippen LogP contribution in [0, 0.1) is 0 Å². The van der Waals surface area contributed by atoms with Crippen molar-refractivity contribution in [2.24, 2.45) is 0 Å². The first-order valence-electron chi connectivity index (χ1n) is 13.5. The molecule has 2 fully saturated rings. The van der Waals surface area contributed by atoms with Gasteiger partial charge in [-0.25, -0.2) is 4.79 Å². The Balaban J connectivity index is 0.00000195. The molecule has 1 unspecified atom stereocenters. The van der Waals surface area contributed by atoms with E-state index in [0.717, 1.165) is 29.7 Å². The molecule has 3 heterocycles. The first-order valence-corrected chi connectivity index (χ1v) is 13.5. The number of ether oxygens (including phenoxy) is 2. The molecule has 0 saturated carbocycles. The molecule has 5 amide bonds. The van der Waals surface area contributed by atoms with Gasteiger partial charge in [-0.3, -0.25) is 29.4 Å². The number of carbonyl (C=O) groups is 5. The van der Waals surface area contributed by atoms with Crippen LogP contribution in [0.2, 0.25) is 0 Å². The first-order chi connectivity index (χ1) is 18.0. The summed E-state index contributed by atoms with van der Waals surface area (Å²) >= 11 is 0. The van der Waals surface area contributed by atoms with Gasteiger partial charge in [0.1, 0.15) is 11.6 Å². The van der Waals surface area contributed by atoms with E-state index < -0.39 is 35.3 Å². The average molecular weight is 530 g/mol. The summed E-state index contributed by atoms with van der Waals surface area (Å²) in [7, 11) is 0. The lowest BCUT2D eigenvalue weighted by molar-refractivity contribution is -0.136. The van der Waals surface area contributed by atoms with E-state index in [4.69, 9.17) is 9.47 Å². The van der Waals surface area contributed by atoms with Crippen LogP contribution in [0.4, 0.5) is 4.79 Å². The largest absolute Gasteiger partial charge is 0.444 e. The maximum absolute atomic E-state index is 13.0. The normalized spacial score (nSPS) is 20.1. The number of amides is 5. The van der Waals surface area contributed by atoms with Crippen molar-refractivity contribution in [2.45, 2.75) is 90.9 Å². The summed E-state index contributed by atoms with van der Waals surface area (Å²) in [5, 5.41) is 2.20. The van der Waals surface area contributed by atoms with Gasteiger partial charge in [-0.05, 0) is 70.6 Å². The molecule has 1 aromatic carbocycles. The van der Waals surface area contributed by atoms with Crippen LogP contribution in [0.25, 0.3) is 0 Å². The Labute approximate surface area is 224 Å². The van der Waals surface area contributed by atoms with Crippen molar-refractivity contribution in [3.8, 4) is 0 Å². The van der Waals surface area contributed by atoms with Crippen molar-refractivity contribution in [1.82, 2.24) is 15.1 Å². The number of piperidine rings is 2. The molecule has 38 heavy (non-hydrogen) atoms. The van der Waals surface area contributed by atoms with Crippen LogP contribution in [0.1, 0.15) is 93.0 Å². The number of hydrogen-bond acceptors (Lipinski definition) is 7. The van der Waals surface area contributed by atoms with Gasteiger partial charge < -0.3 is 14.4 Å². The molecule has 0 spiro atoms. The van der Waals surface area contributed by atoms with Gasteiger partial charge in [0.25, 0.3) is 11.8 Å². The van der Waals surface area contributed by atoms with Crippen molar-refractivity contribution >= 4 is 29.7 Å². The van der Waals surface area contributed by atoms with Gasteiger partial charge in [-0.2, -0.15) is 0 Å². The van der Waals surface area contributed by atoms with Crippen molar-refractivity contribution in [3.63, 3.8) is 0 Å². The van der Waals surface area contributed by atoms with Gasteiger partial charge in [0, 0.05) is 26.1 Å². The fourth-order valence-electron chi connectivity index (χ4n) is 4.73. The van der Waals surface area contributed by atoms with Crippen LogP contribution >= 0.6 is 0 Å². The topological polar surface area (TPSA) is 122 Å². The van der Waals surface area contributed by atoms with Gasteiger partial charge in [-0.15, -0.1) is 0 Å². The zero-order chi connectivity index (χ0) is 28.0. The maximum Gasteiger partial charge on any atom is 0.410 e. The SMILES string of the molecule is CC.CC(C)(C)OC(=O)N1CCC(OCCCc2ccc3c(c2)C(=O)N(C2CCC(=O)NC2=O)C3=O)CC1. The lowest BCUT2D eigenvalue weighted by atomic mass is 10.0. The Bertz CT molecular complexity index is 1070. The predicted octanol–water partition coefficient (Wildman–Crippen LogP) is 3.46. The third-order valence-corrected chi connectivity index (χ3v) is 6.56. The Hall–Kier alpha value is -3.27. The molecule has 0 bridgehead atoms. The fraction of sp³-hybridized carbons (Fsp3) is 0.607. The minimum Gasteiger partial charge on any atom is -0.444 e. The minimum atomic E-state index is -0.964. The van der Waals surface area contributed by atoms with E-state index in [0.29, 0.717) is 26.1 Å². The van der Waals surface area contributed by atoms with Gasteiger partial charge >= 0.3 is 6.09 Å². The molecule has 0 aliphatic carbocycles. The number of nitrogens with zero attached hydrogens (tertiary/aromatic N) is 2. The molecular weight excluding hydrogens is 490 g/mol. The van der Waals surface area contributed by atoms with E-state index in [1.165, 1.54) is 0 Å². The summed E-state index contributed by atoms with van der Waals surface area (Å²) < 4.78 is 11.4. The van der Waals surface area contributed by atoms with Crippen LogP contribution in [0.3, 0.4) is 0 Å². The summed E-state index contributed by atoms with van der Waals surface area (Å²) in [5.41, 5.74) is 0.964. The van der Waals surface area contributed by atoms with Crippen LogP contribution in [-0.4, -0.2) is 77.0 Å². The predicted molar refractivity (Wildman–Crippen MR) is 140 cm³/mol. The summed E-state index contributed by atoms with van der Waals surface area (Å²) in [4.78, 5) is 64.2. The minimum absolute atomic E-state index is 0.0880. The van der Waals surface area contributed by atoms with Gasteiger partial charge in [0.2, 0.25) is 11.8 Å². The zero-order valence-electron chi connectivity index (χ0n) is 23.0. The highest BCUT2D eigenvalue weighted by Gasteiger charge is 2.44. The molecule has 0 aromatic heterocycles. The van der Waals surface area contributed by atoms with Gasteiger partial charge in [0.15, 0.2) is 0 Å². The molecule has 10 heteroatoms. The van der Waals surface area contributed by atoms with Crippen molar-refractivity contribution < 1.29 is 33.4 Å². The molecular formula is C28H39N3O7. The second-order valence-electron chi connectivity index (χ2n) is 10.5. The molecule has 0 radical (unpaired) electrons. The van der Waals surface area contributed by atoms with Crippen LogP contribution < -0.4 is 5.32 Å². The number of rotatable bonds is 6. The molecule has 1 aromatic rings. The van der Waals surface area contributed by atoms with Crippen LogP contribution in [0.5, 0.6) is 0 Å². The molecule has 4 rings (SSSR count). The molecule has 2 saturated heterocycles. The Morgan fingerprint density at radius 1 is 1.00 bits per heavy atom. The first kappa shape index (κ1) is 29.3. The number of carbonyl (C=O) groups excluding carboxylic acids is 5. The van der Waals surface area contributed by atoms with Crippen molar-refractivity contribution in [1.29, 1.82) is 0 Å². The standard InChI is InChI=1S/C26H33N3O7.C2H6/c1-26(2,3)36-25(34)28-12-10-17(11-13-28)35-14-4-5-16-6-7-18-19(15-16)24(33)29(23(18)32)20-8-9-21(30)27-22(20)31;1-2/h6-7,15,17,20H,4-5,8-14H2,1-3H3,(H,27,30,31);1-2H3. The molecule has 1 atom stereocenters. The van der Waals surface area contributed by atoms with Gasteiger partial charge in [-0.1, -0.05) is 19.9 Å². The number of imide groups is 2. The van der Waals surface area contributed by atoms with E-state index >= 15 is 0 Å². The number of nitrogens with one attached hydrogen (secondary N) is 1. The third-order valence-electron chi connectivity index (χ3n) is 6.56. The molecule has 3 aliphatic heterocycles. The number of hydrogen-bond donors (Lipinski definition) is 1. The Kier molecular flexibility index (Phi) is 9.65. The second kappa shape index (κ2) is 12.5. The smallest absolute Gasteiger partial charge is 0.410 e. The van der Waals surface area contributed by atoms with E-state index in [-0.39, 0.29) is 36.2 Å². The summed E-state index contributed by atoms with van der Waals surface area (Å²) in [6.45, 7) is 11.3. The second-order valence-corrected chi connectivity index (χ2v) is 10.5. The molecule has 10 nitrogen and oxygen atoms in total. The van der Waals surface area contributed by atoms with Crippen LogP contribution in [-0.2, 0) is 25.5 Å². The molecule has 1 N–H and O–H groups in total. The lowest BCUT2D eigenvalue weighted by Gasteiger charge is -2.33. The fourth-order valence-corrected chi connectivity index (χ4v) is 4.73. The van der Waals surface area contributed by atoms with E-state index in [2.05, 4.69) is 5.32 Å². The molecule has 208 valence electrons. The Morgan fingerprint density at radius 3 is 2.29 bits per heavy atom. The maximum atomic E-state index is 13.0. The lowest BCUT2D eigenvalue weighted by Crippen LogP contribution is -2.54. The highest BCUT2D eigenvalue weighted by atomic mass is 16.6. The number of fused-ring (bicyclic) bond motifs is 1. The highest BCUT2D eigenvalue weighted by Crippen LogP contribution is 2.28. The summed E-state index contributed by atoms with van der Waals surface area (Å²) in [6, 6.07) is 4.19. The molecule has 3 aliphatic rings. The monoisotopic (exact) mass is 529 g/mol. The van der Waals surface area contributed by atoms with Crippen LogP contribution in [0.15, 0.2) is 18.2 Å². The third kappa shape index (κ3) is 6.98. The number of benzene rings is 1. The summed E-state index contributed by atoms with van der Waals surface area (Å²) in [6.07, 6.45) is 2.95. The van der Waals surface area contributed by atoms with Crippen molar-refractivity contribution in [3.05, 3.63) is 34.9 Å². The quantitative estimate of drug-likeness (QED) is 0.442. The number of aryl methyl sites for hydroxylation is 1. The summed E-state index contributed by atoms with van der Waals surface area (Å²) in [5.74, 6) is -2.02. The van der Waals surface area contributed by atoms with E-state index in [1.807, 2.05) is 40.7 Å². The average Bonchev–Trinajstić information content (AvgIpc) is 3.12. The van der Waals surface area contributed by atoms with E-state index in [1.54, 1.807) is 17.0 Å². The van der Waals surface area contributed by atoms with Gasteiger partial charge in [0.05, 0.1) is 17.2 Å². The van der Waals surface area contributed by atoms with Crippen molar-refractivity contribution in [2.75, 3.05) is 19.7 Å². The zero-order valence-corrected chi connectivity index (χ0v) is 23.0. The highest BCUT2D eigenvalue weighted by molar-refractivity contribution is 6.23. The number of likely N-dealkylation sites (tertiary alicyclic amines) is 1. The Morgan fingerprint density at radius 2 is 1.66 bits per heavy atom.